The lowest BCUT2D eigenvalue weighted by molar-refractivity contribution is -0.134. The number of carbonyl (C=O) groups excluding carboxylic acids is 3. The van der Waals surface area contributed by atoms with Gasteiger partial charge in [-0.05, 0) is 48.7 Å². The summed E-state index contributed by atoms with van der Waals surface area (Å²) >= 11 is 0. The average Bonchev–Trinajstić information content (AvgIpc) is 3.00. The normalized spacial score (nSPS) is 18.5. The second kappa shape index (κ2) is 8.91. The summed E-state index contributed by atoms with van der Waals surface area (Å²) in [5, 5.41) is 5.16. The van der Waals surface area contributed by atoms with E-state index in [2.05, 4.69) is 10.6 Å². The lowest BCUT2D eigenvalue weighted by Gasteiger charge is -2.25. The minimum Gasteiger partial charge on any atom is -0.324 e. The molecule has 1 aliphatic heterocycles. The number of hydrogen-bond donors (Lipinski definition) is 2. The van der Waals surface area contributed by atoms with Crippen LogP contribution in [0.3, 0.4) is 0 Å². The van der Waals surface area contributed by atoms with Gasteiger partial charge in [-0.2, -0.15) is 0 Å². The van der Waals surface area contributed by atoms with Gasteiger partial charge in [-0.3, -0.25) is 14.5 Å². The largest absolute Gasteiger partial charge is 0.325 e. The summed E-state index contributed by atoms with van der Waals surface area (Å²) in [5.74, 6) is -1.79. The van der Waals surface area contributed by atoms with Crippen LogP contribution in [0.4, 0.5) is 14.9 Å². The van der Waals surface area contributed by atoms with Gasteiger partial charge in [0, 0.05) is 19.8 Å². The van der Waals surface area contributed by atoms with Gasteiger partial charge in [-0.1, -0.05) is 25.1 Å². The predicted molar refractivity (Wildman–Crippen MR) is 119 cm³/mol. The molecule has 4 amide bonds. The molecular formula is C22H25FN4O5S. The van der Waals surface area contributed by atoms with Crippen LogP contribution in [-0.4, -0.2) is 56.1 Å². The van der Waals surface area contributed by atoms with Crippen molar-refractivity contribution in [2.45, 2.75) is 30.7 Å². The number of nitrogens with zero attached hydrogens (tertiary/aromatic N) is 2. The molecule has 1 atom stereocenters. The molecule has 3 rings (SSSR count). The Bertz CT molecular complexity index is 1210. The standard InChI is InChI=1S/C22H25FN4O5S/c1-5-22(15-7-9-16(23)10-8-15)20(29)27(21(30)25-22)13-19(28)24-17-11-6-14(2)18(12-17)33(31,32)26(3)4/h6-12H,5,13H2,1-4H3,(H,24,28)(H,25,30). The van der Waals surface area contributed by atoms with Gasteiger partial charge in [0.2, 0.25) is 15.9 Å². The first kappa shape index (κ1) is 24.3. The number of benzene rings is 2. The van der Waals surface area contributed by atoms with Crippen molar-refractivity contribution < 1.29 is 27.2 Å². The Hall–Kier alpha value is -3.31. The molecule has 2 aromatic rings. The van der Waals surface area contributed by atoms with Gasteiger partial charge in [-0.25, -0.2) is 21.9 Å². The molecule has 0 bridgehead atoms. The molecule has 11 heteroatoms. The van der Waals surface area contributed by atoms with E-state index in [1.54, 1.807) is 19.9 Å². The summed E-state index contributed by atoms with van der Waals surface area (Å²) in [7, 11) is -0.929. The fourth-order valence-electron chi connectivity index (χ4n) is 3.64. The molecule has 1 unspecified atom stereocenters. The lowest BCUT2D eigenvalue weighted by Crippen LogP contribution is -2.44. The second-order valence-corrected chi connectivity index (χ2v) is 10.0. The quantitative estimate of drug-likeness (QED) is 0.595. The zero-order chi connectivity index (χ0) is 24.6. The van der Waals surface area contributed by atoms with Crippen LogP contribution in [0.25, 0.3) is 0 Å². The molecular weight excluding hydrogens is 451 g/mol. The fourth-order valence-corrected chi connectivity index (χ4v) is 4.78. The number of halogens is 1. The first-order valence-electron chi connectivity index (χ1n) is 10.2. The van der Waals surface area contributed by atoms with Crippen LogP contribution in [0.5, 0.6) is 0 Å². The highest BCUT2D eigenvalue weighted by Crippen LogP contribution is 2.32. The highest BCUT2D eigenvalue weighted by atomic mass is 32.2. The number of anilines is 1. The summed E-state index contributed by atoms with van der Waals surface area (Å²) in [6.07, 6.45) is 0.199. The number of amides is 4. The molecule has 0 aromatic heterocycles. The van der Waals surface area contributed by atoms with Gasteiger partial charge in [0.1, 0.15) is 17.9 Å². The molecule has 9 nitrogen and oxygen atoms in total. The number of nitrogens with one attached hydrogen (secondary N) is 2. The maximum atomic E-state index is 13.3. The number of hydrogen-bond acceptors (Lipinski definition) is 5. The second-order valence-electron chi connectivity index (χ2n) is 7.90. The maximum Gasteiger partial charge on any atom is 0.325 e. The number of rotatable bonds is 7. The smallest absolute Gasteiger partial charge is 0.324 e. The van der Waals surface area contributed by atoms with E-state index in [0.29, 0.717) is 11.1 Å². The SMILES string of the molecule is CCC1(c2ccc(F)cc2)NC(=O)N(CC(=O)Nc2ccc(C)c(S(=O)(=O)N(C)C)c2)C1=O. The number of urea groups is 1. The number of imide groups is 1. The first-order valence-corrected chi connectivity index (χ1v) is 11.6. The summed E-state index contributed by atoms with van der Waals surface area (Å²) in [6.45, 7) is 2.76. The van der Waals surface area contributed by atoms with Crippen molar-refractivity contribution in [3.8, 4) is 0 Å². The molecule has 33 heavy (non-hydrogen) atoms. The van der Waals surface area contributed by atoms with E-state index in [0.717, 1.165) is 9.21 Å². The van der Waals surface area contributed by atoms with Crippen molar-refractivity contribution in [2.75, 3.05) is 26.0 Å². The van der Waals surface area contributed by atoms with Crippen molar-refractivity contribution in [3.05, 3.63) is 59.4 Å². The zero-order valence-corrected chi connectivity index (χ0v) is 19.5. The molecule has 1 heterocycles. The van der Waals surface area contributed by atoms with E-state index in [4.69, 9.17) is 0 Å². The van der Waals surface area contributed by atoms with Crippen LogP contribution in [0.15, 0.2) is 47.4 Å². The Labute approximate surface area is 191 Å². The first-order chi connectivity index (χ1) is 15.4. The molecule has 0 aliphatic carbocycles. The van der Waals surface area contributed by atoms with E-state index in [1.807, 2.05) is 0 Å². The molecule has 0 spiro atoms. The molecule has 0 radical (unpaired) electrons. The predicted octanol–water partition coefficient (Wildman–Crippen LogP) is 2.18. The molecule has 2 aromatic carbocycles. The van der Waals surface area contributed by atoms with Gasteiger partial charge in [0.15, 0.2) is 0 Å². The Morgan fingerprint density at radius 3 is 2.36 bits per heavy atom. The summed E-state index contributed by atoms with van der Waals surface area (Å²) in [4.78, 5) is 39.1. The zero-order valence-electron chi connectivity index (χ0n) is 18.7. The van der Waals surface area contributed by atoms with Crippen LogP contribution in [0.1, 0.15) is 24.5 Å². The lowest BCUT2D eigenvalue weighted by atomic mass is 9.87. The van der Waals surface area contributed by atoms with Crippen molar-refractivity contribution in [2.24, 2.45) is 0 Å². The molecule has 176 valence electrons. The molecule has 1 saturated heterocycles. The van der Waals surface area contributed by atoms with Crippen LogP contribution in [-0.2, 0) is 25.2 Å². The molecule has 2 N–H and O–H groups in total. The van der Waals surface area contributed by atoms with E-state index >= 15 is 0 Å². The van der Waals surface area contributed by atoms with Crippen molar-refractivity contribution >= 4 is 33.6 Å². The summed E-state index contributed by atoms with van der Waals surface area (Å²) in [5.41, 5.74) is -0.284. The van der Waals surface area contributed by atoms with E-state index < -0.39 is 45.8 Å². The van der Waals surface area contributed by atoms with E-state index in [-0.39, 0.29) is 17.0 Å². The van der Waals surface area contributed by atoms with Gasteiger partial charge in [0.05, 0.1) is 4.90 Å². The minimum absolute atomic E-state index is 0.0293. The third kappa shape index (κ3) is 4.46. The van der Waals surface area contributed by atoms with E-state index in [9.17, 15) is 27.2 Å². The Morgan fingerprint density at radius 2 is 1.79 bits per heavy atom. The van der Waals surface area contributed by atoms with Gasteiger partial charge < -0.3 is 10.6 Å². The van der Waals surface area contributed by atoms with Gasteiger partial charge in [-0.15, -0.1) is 0 Å². The highest BCUT2D eigenvalue weighted by Gasteiger charge is 2.51. The van der Waals surface area contributed by atoms with Gasteiger partial charge >= 0.3 is 6.03 Å². The Kier molecular flexibility index (Phi) is 6.57. The third-order valence-electron chi connectivity index (χ3n) is 5.58. The van der Waals surface area contributed by atoms with Crippen LogP contribution >= 0.6 is 0 Å². The van der Waals surface area contributed by atoms with Crippen molar-refractivity contribution in [1.29, 1.82) is 0 Å². The maximum absolute atomic E-state index is 13.3. The number of aryl methyl sites for hydroxylation is 1. The highest BCUT2D eigenvalue weighted by molar-refractivity contribution is 7.89. The Morgan fingerprint density at radius 1 is 1.15 bits per heavy atom. The molecule has 1 fully saturated rings. The molecule has 1 aliphatic rings. The summed E-state index contributed by atoms with van der Waals surface area (Å²) in [6, 6.07) is 8.87. The van der Waals surface area contributed by atoms with Crippen LogP contribution in [0, 0.1) is 12.7 Å². The summed E-state index contributed by atoms with van der Waals surface area (Å²) < 4.78 is 39.4. The van der Waals surface area contributed by atoms with E-state index in [1.165, 1.54) is 50.5 Å². The van der Waals surface area contributed by atoms with Crippen molar-refractivity contribution in [1.82, 2.24) is 14.5 Å². The van der Waals surface area contributed by atoms with Crippen LogP contribution < -0.4 is 10.6 Å². The van der Waals surface area contributed by atoms with Crippen molar-refractivity contribution in [3.63, 3.8) is 0 Å². The number of carbonyl (C=O) groups is 3. The van der Waals surface area contributed by atoms with Gasteiger partial charge in [0.25, 0.3) is 5.91 Å². The monoisotopic (exact) mass is 476 g/mol. The number of sulfonamides is 1. The molecule has 0 saturated carbocycles. The average molecular weight is 477 g/mol. The Balaban J connectivity index is 1.81. The topological polar surface area (TPSA) is 116 Å². The minimum atomic E-state index is -3.73. The fraction of sp³-hybridized carbons (Fsp3) is 0.318. The van der Waals surface area contributed by atoms with Crippen LogP contribution in [0.2, 0.25) is 0 Å². The third-order valence-corrected chi connectivity index (χ3v) is 7.53.